The number of rotatable bonds is 4. The minimum Gasteiger partial charge on any atom is -0.383 e. The van der Waals surface area contributed by atoms with Crippen LogP contribution in [-0.2, 0) is 19.4 Å². The highest BCUT2D eigenvalue weighted by Gasteiger charge is 2.20. The van der Waals surface area contributed by atoms with Crippen molar-refractivity contribution in [3.63, 3.8) is 0 Å². The quantitative estimate of drug-likeness (QED) is 0.878. The maximum atomic E-state index is 12.3. The fraction of sp³-hybridized carbons (Fsp3) is 0.625. The Morgan fingerprint density at radius 3 is 2.82 bits per heavy atom. The molecule has 1 aliphatic rings. The van der Waals surface area contributed by atoms with E-state index in [1.54, 1.807) is 11.3 Å². The van der Waals surface area contributed by atoms with Gasteiger partial charge in [-0.1, -0.05) is 6.42 Å². The molecule has 0 amide bonds. The smallest absolute Gasteiger partial charge is 0.350 e. The Morgan fingerprint density at radius 1 is 1.27 bits per heavy atom. The van der Waals surface area contributed by atoms with Gasteiger partial charge in [-0.3, -0.25) is 4.57 Å². The van der Waals surface area contributed by atoms with Gasteiger partial charge in [-0.2, -0.15) is 4.98 Å². The summed E-state index contributed by atoms with van der Waals surface area (Å²) >= 11 is 1.76. The Bertz CT molecular complexity index is 732. The summed E-state index contributed by atoms with van der Waals surface area (Å²) in [6.45, 7) is 1.67. The van der Waals surface area contributed by atoms with Crippen LogP contribution in [0.1, 0.15) is 36.1 Å². The molecule has 0 spiro atoms. The van der Waals surface area contributed by atoms with Gasteiger partial charge < -0.3 is 10.6 Å². The molecule has 1 aliphatic carbocycles. The highest BCUT2D eigenvalue weighted by Crippen LogP contribution is 2.37. The minimum absolute atomic E-state index is 0.208. The summed E-state index contributed by atoms with van der Waals surface area (Å²) < 4.78 is 1.83. The van der Waals surface area contributed by atoms with Crippen LogP contribution in [0.25, 0.3) is 10.2 Å². The molecule has 2 aromatic heterocycles. The van der Waals surface area contributed by atoms with Crippen LogP contribution in [-0.4, -0.2) is 35.1 Å². The lowest BCUT2D eigenvalue weighted by Crippen LogP contribution is -2.25. The molecule has 0 fully saturated rings. The number of nitrogens with zero attached hydrogens (tertiary/aromatic N) is 3. The van der Waals surface area contributed by atoms with Gasteiger partial charge in [0.2, 0.25) is 0 Å². The number of nitrogens with two attached hydrogens (primary N) is 1. The normalized spacial score (nSPS) is 15.2. The van der Waals surface area contributed by atoms with E-state index in [9.17, 15) is 4.79 Å². The van der Waals surface area contributed by atoms with Crippen molar-refractivity contribution in [3.8, 4) is 0 Å². The van der Waals surface area contributed by atoms with Gasteiger partial charge in [-0.25, -0.2) is 4.79 Å². The Morgan fingerprint density at radius 2 is 2.05 bits per heavy atom. The first-order valence-corrected chi connectivity index (χ1v) is 8.85. The summed E-state index contributed by atoms with van der Waals surface area (Å²) in [5.41, 5.74) is 7.24. The summed E-state index contributed by atoms with van der Waals surface area (Å²) in [6.07, 6.45) is 6.84. The second-order valence-electron chi connectivity index (χ2n) is 6.33. The molecule has 0 unspecified atom stereocenters. The summed E-state index contributed by atoms with van der Waals surface area (Å²) in [7, 11) is 4.10. The van der Waals surface area contributed by atoms with Crippen molar-refractivity contribution in [1.82, 2.24) is 14.5 Å². The number of nitrogen functional groups attached to an aromatic ring is 1. The Balaban J connectivity index is 2.06. The third kappa shape index (κ3) is 2.90. The molecular weight excluding hydrogens is 296 g/mol. The predicted molar refractivity (Wildman–Crippen MR) is 92.7 cm³/mol. The number of thiophene rings is 1. The van der Waals surface area contributed by atoms with Crippen LogP contribution >= 0.6 is 11.3 Å². The van der Waals surface area contributed by atoms with E-state index in [0.29, 0.717) is 12.4 Å². The first-order valence-electron chi connectivity index (χ1n) is 8.03. The first kappa shape index (κ1) is 15.5. The van der Waals surface area contributed by atoms with E-state index < -0.39 is 0 Å². The van der Waals surface area contributed by atoms with Crippen molar-refractivity contribution in [2.45, 2.75) is 45.1 Å². The minimum atomic E-state index is -0.208. The molecule has 2 aromatic rings. The molecular formula is C16H24N4OS. The number of aromatic nitrogens is 2. The highest BCUT2D eigenvalue weighted by molar-refractivity contribution is 7.19. The molecule has 22 heavy (non-hydrogen) atoms. The molecule has 120 valence electrons. The first-order chi connectivity index (χ1) is 10.6. The average Bonchev–Trinajstić information content (AvgIpc) is 2.66. The molecule has 6 heteroatoms. The maximum Gasteiger partial charge on any atom is 0.350 e. The zero-order valence-electron chi connectivity index (χ0n) is 13.4. The monoisotopic (exact) mass is 320 g/mol. The van der Waals surface area contributed by atoms with Crippen molar-refractivity contribution < 1.29 is 0 Å². The van der Waals surface area contributed by atoms with E-state index in [4.69, 9.17) is 5.73 Å². The van der Waals surface area contributed by atoms with Crippen LogP contribution in [0, 0.1) is 0 Å². The van der Waals surface area contributed by atoms with E-state index in [2.05, 4.69) is 9.88 Å². The second kappa shape index (κ2) is 6.38. The summed E-state index contributed by atoms with van der Waals surface area (Å²) in [5, 5.41) is 1.05. The molecule has 0 radical (unpaired) electrons. The van der Waals surface area contributed by atoms with E-state index in [1.807, 2.05) is 18.7 Å². The van der Waals surface area contributed by atoms with Crippen LogP contribution in [0.4, 0.5) is 5.82 Å². The van der Waals surface area contributed by atoms with E-state index >= 15 is 0 Å². The SMILES string of the molecule is CN(C)CCCn1c(=O)nc(N)c2c3c(sc21)CCCCC3. The topological polar surface area (TPSA) is 64.2 Å². The van der Waals surface area contributed by atoms with Gasteiger partial charge in [0.25, 0.3) is 0 Å². The summed E-state index contributed by atoms with van der Waals surface area (Å²) in [5.74, 6) is 0.420. The average molecular weight is 320 g/mol. The standard InChI is InChI=1S/C16H24N4OS/c1-19(2)9-6-10-20-15-13(14(17)18-16(20)21)11-7-4-3-5-8-12(11)22-15/h3-10H2,1-2H3,(H2,17,18,21). The van der Waals surface area contributed by atoms with E-state index in [1.165, 1.54) is 29.7 Å². The number of aryl methyl sites for hydroxylation is 3. The molecule has 2 N–H and O–H groups in total. The van der Waals surface area contributed by atoms with Gasteiger partial charge in [-0.05, 0) is 58.3 Å². The van der Waals surface area contributed by atoms with Gasteiger partial charge in [0.05, 0.1) is 5.39 Å². The van der Waals surface area contributed by atoms with Crippen molar-refractivity contribution in [1.29, 1.82) is 0 Å². The van der Waals surface area contributed by atoms with Crippen molar-refractivity contribution in [3.05, 3.63) is 20.9 Å². The van der Waals surface area contributed by atoms with Gasteiger partial charge in [-0.15, -0.1) is 11.3 Å². The molecule has 0 saturated carbocycles. The Hall–Kier alpha value is -1.40. The number of fused-ring (bicyclic) bond motifs is 3. The maximum absolute atomic E-state index is 12.3. The molecule has 2 heterocycles. The number of hydrogen-bond acceptors (Lipinski definition) is 5. The second-order valence-corrected chi connectivity index (χ2v) is 7.42. The third-order valence-corrected chi connectivity index (χ3v) is 5.65. The molecule has 3 rings (SSSR count). The number of anilines is 1. The van der Waals surface area contributed by atoms with Crippen LogP contribution < -0.4 is 11.4 Å². The molecule has 0 saturated heterocycles. The van der Waals surface area contributed by atoms with Gasteiger partial charge >= 0.3 is 5.69 Å². The largest absolute Gasteiger partial charge is 0.383 e. The third-order valence-electron chi connectivity index (χ3n) is 4.34. The lowest BCUT2D eigenvalue weighted by molar-refractivity contribution is 0.386. The van der Waals surface area contributed by atoms with E-state index in [0.717, 1.165) is 36.0 Å². The zero-order chi connectivity index (χ0) is 15.7. The lowest BCUT2D eigenvalue weighted by Gasteiger charge is -2.11. The molecule has 5 nitrogen and oxygen atoms in total. The van der Waals surface area contributed by atoms with Crippen LogP contribution in [0.15, 0.2) is 4.79 Å². The number of hydrogen-bond donors (Lipinski definition) is 1. The van der Waals surface area contributed by atoms with Crippen molar-refractivity contribution in [2.75, 3.05) is 26.4 Å². The zero-order valence-corrected chi connectivity index (χ0v) is 14.2. The van der Waals surface area contributed by atoms with Crippen molar-refractivity contribution in [2.24, 2.45) is 0 Å². The molecule has 0 aromatic carbocycles. The Kier molecular flexibility index (Phi) is 4.49. The highest BCUT2D eigenvalue weighted by atomic mass is 32.1. The summed E-state index contributed by atoms with van der Waals surface area (Å²) in [6, 6.07) is 0. The molecule has 0 aliphatic heterocycles. The summed E-state index contributed by atoms with van der Waals surface area (Å²) in [4.78, 5) is 20.9. The van der Waals surface area contributed by atoms with E-state index in [-0.39, 0.29) is 5.69 Å². The molecule has 0 bridgehead atoms. The molecule has 0 atom stereocenters. The van der Waals surface area contributed by atoms with Gasteiger partial charge in [0.15, 0.2) is 0 Å². The fourth-order valence-electron chi connectivity index (χ4n) is 3.23. The van der Waals surface area contributed by atoms with Crippen LogP contribution in [0.3, 0.4) is 0 Å². The van der Waals surface area contributed by atoms with Crippen LogP contribution in [0.5, 0.6) is 0 Å². The van der Waals surface area contributed by atoms with Crippen molar-refractivity contribution >= 4 is 27.4 Å². The fourth-order valence-corrected chi connectivity index (χ4v) is 4.65. The van der Waals surface area contributed by atoms with Gasteiger partial charge in [0.1, 0.15) is 10.6 Å². The van der Waals surface area contributed by atoms with Gasteiger partial charge in [0, 0.05) is 11.4 Å². The Labute approximate surface area is 134 Å². The lowest BCUT2D eigenvalue weighted by atomic mass is 10.1. The predicted octanol–water partition coefficient (Wildman–Crippen LogP) is 2.26. The van der Waals surface area contributed by atoms with Crippen LogP contribution in [0.2, 0.25) is 0 Å².